The lowest BCUT2D eigenvalue weighted by molar-refractivity contribution is 0.0950. The van der Waals surface area contributed by atoms with Crippen molar-refractivity contribution in [3.8, 4) is 28.5 Å². The van der Waals surface area contributed by atoms with Crippen molar-refractivity contribution in [1.82, 2.24) is 15.6 Å². The summed E-state index contributed by atoms with van der Waals surface area (Å²) in [4.78, 5) is 12.4. The molecule has 0 aliphatic heterocycles. The molecule has 1 heterocycles. The zero-order chi connectivity index (χ0) is 20.8. The molecule has 0 radical (unpaired) electrons. The lowest BCUT2D eigenvalue weighted by atomic mass is 10.1. The number of H-pyrrole nitrogens is 1. The molecular weight excluding hydrogens is 372 g/mol. The molecule has 2 aromatic carbocycles. The van der Waals surface area contributed by atoms with Crippen LogP contribution in [0.3, 0.4) is 0 Å². The van der Waals surface area contributed by atoms with Crippen molar-refractivity contribution in [1.29, 1.82) is 0 Å². The Kier molecular flexibility index (Phi) is 6.13. The number of nitrogens with one attached hydrogen (secondary N) is 2. The van der Waals surface area contributed by atoms with E-state index >= 15 is 0 Å². The first-order chi connectivity index (χ1) is 14.0. The lowest BCUT2D eigenvalue weighted by Gasteiger charge is -2.09. The fourth-order valence-corrected chi connectivity index (χ4v) is 2.67. The quantitative estimate of drug-likeness (QED) is 0.473. The fourth-order valence-electron chi connectivity index (χ4n) is 2.67. The van der Waals surface area contributed by atoms with Crippen LogP contribution in [-0.2, 0) is 0 Å². The molecule has 3 aromatic rings. The Hall–Kier alpha value is -3.81. The number of hydrogen-bond donors (Lipinski definition) is 2. The molecule has 0 fully saturated rings. The van der Waals surface area contributed by atoms with Gasteiger partial charge in [-0.05, 0) is 55.5 Å². The normalized spacial score (nSPS) is 11.1. The molecule has 0 spiro atoms. The standard InChI is InChI=1S/C21H22N4O4/c1-13(15-7-10-19(28-3)20(11-15)29-4)22-25-21(26)18-12-17(23-24-18)14-5-8-16(27-2)9-6-14/h5-12H,1-4H3,(H,23,24)(H,25,26). The van der Waals surface area contributed by atoms with Crippen LogP contribution in [0.2, 0.25) is 0 Å². The van der Waals surface area contributed by atoms with Crippen LogP contribution in [0.25, 0.3) is 11.3 Å². The minimum Gasteiger partial charge on any atom is -0.497 e. The van der Waals surface area contributed by atoms with E-state index in [1.165, 1.54) is 0 Å². The molecule has 0 unspecified atom stereocenters. The number of aromatic nitrogens is 2. The number of hydrogen-bond acceptors (Lipinski definition) is 6. The SMILES string of the molecule is COc1ccc(-c2cc(C(=O)NN=C(C)c3ccc(OC)c(OC)c3)[nH]n2)cc1. The van der Waals surface area contributed by atoms with E-state index in [0.717, 1.165) is 16.9 Å². The number of nitrogens with zero attached hydrogens (tertiary/aromatic N) is 2. The van der Waals surface area contributed by atoms with Gasteiger partial charge < -0.3 is 14.2 Å². The zero-order valence-electron chi connectivity index (χ0n) is 16.6. The van der Waals surface area contributed by atoms with Gasteiger partial charge in [-0.25, -0.2) is 5.43 Å². The molecule has 150 valence electrons. The molecule has 8 nitrogen and oxygen atoms in total. The third-order valence-corrected chi connectivity index (χ3v) is 4.33. The first-order valence-corrected chi connectivity index (χ1v) is 8.82. The largest absolute Gasteiger partial charge is 0.497 e. The second kappa shape index (κ2) is 8.92. The van der Waals surface area contributed by atoms with Crippen molar-refractivity contribution in [3.05, 3.63) is 59.8 Å². The highest BCUT2D eigenvalue weighted by molar-refractivity contribution is 6.01. The molecule has 0 saturated heterocycles. The molecule has 0 aliphatic carbocycles. The third-order valence-electron chi connectivity index (χ3n) is 4.33. The molecular formula is C21H22N4O4. The smallest absolute Gasteiger partial charge is 0.289 e. The number of amides is 1. The topological polar surface area (TPSA) is 97.8 Å². The van der Waals surface area contributed by atoms with Crippen LogP contribution in [0, 0.1) is 0 Å². The van der Waals surface area contributed by atoms with E-state index in [1.807, 2.05) is 30.3 Å². The van der Waals surface area contributed by atoms with Crippen molar-refractivity contribution in [2.45, 2.75) is 6.92 Å². The predicted octanol–water partition coefficient (Wildman–Crippen LogP) is 3.26. The molecule has 0 aliphatic rings. The highest BCUT2D eigenvalue weighted by atomic mass is 16.5. The van der Waals surface area contributed by atoms with Crippen LogP contribution in [0.1, 0.15) is 23.0 Å². The van der Waals surface area contributed by atoms with Gasteiger partial charge in [0.1, 0.15) is 11.4 Å². The van der Waals surface area contributed by atoms with Crippen LogP contribution in [-0.4, -0.2) is 43.1 Å². The van der Waals surface area contributed by atoms with Crippen molar-refractivity contribution >= 4 is 11.6 Å². The maximum atomic E-state index is 12.4. The Morgan fingerprint density at radius 3 is 2.34 bits per heavy atom. The van der Waals surface area contributed by atoms with Crippen LogP contribution in [0.4, 0.5) is 0 Å². The second-order valence-electron chi connectivity index (χ2n) is 6.10. The molecule has 3 rings (SSSR count). The lowest BCUT2D eigenvalue weighted by Crippen LogP contribution is -2.19. The van der Waals surface area contributed by atoms with Gasteiger partial charge in [0, 0.05) is 11.1 Å². The van der Waals surface area contributed by atoms with Gasteiger partial charge in [-0.3, -0.25) is 9.89 Å². The summed E-state index contributed by atoms with van der Waals surface area (Å²) in [7, 11) is 4.74. The Morgan fingerprint density at radius 1 is 0.966 bits per heavy atom. The van der Waals surface area contributed by atoms with E-state index in [-0.39, 0.29) is 0 Å². The highest BCUT2D eigenvalue weighted by Gasteiger charge is 2.12. The van der Waals surface area contributed by atoms with Gasteiger partial charge in [0.15, 0.2) is 11.5 Å². The first kappa shape index (κ1) is 19.9. The number of hydrazone groups is 1. The molecule has 29 heavy (non-hydrogen) atoms. The van der Waals surface area contributed by atoms with Crippen LogP contribution >= 0.6 is 0 Å². The zero-order valence-corrected chi connectivity index (χ0v) is 16.6. The fraction of sp³-hybridized carbons (Fsp3) is 0.190. The number of aromatic amines is 1. The van der Waals surface area contributed by atoms with Gasteiger partial charge in [0.05, 0.1) is 32.7 Å². The Bertz CT molecular complexity index is 1030. The molecule has 0 saturated carbocycles. The van der Waals surface area contributed by atoms with E-state index in [9.17, 15) is 4.79 Å². The number of rotatable bonds is 7. The third kappa shape index (κ3) is 4.55. The molecule has 0 bridgehead atoms. The van der Waals surface area contributed by atoms with E-state index in [0.29, 0.717) is 28.6 Å². The van der Waals surface area contributed by atoms with Gasteiger partial charge in [0.25, 0.3) is 5.91 Å². The first-order valence-electron chi connectivity index (χ1n) is 8.82. The summed E-state index contributed by atoms with van der Waals surface area (Å²) in [6.07, 6.45) is 0. The number of benzene rings is 2. The van der Waals surface area contributed by atoms with E-state index in [2.05, 4.69) is 20.7 Å². The van der Waals surface area contributed by atoms with Gasteiger partial charge in [0.2, 0.25) is 0 Å². The maximum Gasteiger partial charge on any atom is 0.289 e. The average molecular weight is 394 g/mol. The summed E-state index contributed by atoms with van der Waals surface area (Å²) in [5.41, 5.74) is 5.77. The number of carbonyl (C=O) groups excluding carboxylic acids is 1. The van der Waals surface area contributed by atoms with Crippen LogP contribution in [0.15, 0.2) is 53.6 Å². The molecule has 0 atom stereocenters. The van der Waals surface area contributed by atoms with Crippen LogP contribution in [0.5, 0.6) is 17.2 Å². The Balaban J connectivity index is 1.71. The minimum absolute atomic E-state index is 0.305. The predicted molar refractivity (Wildman–Crippen MR) is 110 cm³/mol. The summed E-state index contributed by atoms with van der Waals surface area (Å²) in [5, 5.41) is 11.1. The molecule has 8 heteroatoms. The van der Waals surface area contributed by atoms with Crippen molar-refractivity contribution in [2.75, 3.05) is 21.3 Å². The molecule has 1 aromatic heterocycles. The summed E-state index contributed by atoms with van der Waals surface area (Å²) in [6.45, 7) is 1.79. The van der Waals surface area contributed by atoms with Crippen molar-refractivity contribution in [2.24, 2.45) is 5.10 Å². The molecule has 2 N–H and O–H groups in total. The number of ether oxygens (including phenoxy) is 3. The van der Waals surface area contributed by atoms with Gasteiger partial charge in [-0.1, -0.05) is 0 Å². The van der Waals surface area contributed by atoms with Crippen molar-refractivity contribution in [3.63, 3.8) is 0 Å². The number of carbonyl (C=O) groups is 1. The Morgan fingerprint density at radius 2 is 1.69 bits per heavy atom. The summed E-state index contributed by atoms with van der Waals surface area (Å²) < 4.78 is 15.7. The summed E-state index contributed by atoms with van der Waals surface area (Å²) >= 11 is 0. The van der Waals surface area contributed by atoms with E-state index in [4.69, 9.17) is 14.2 Å². The van der Waals surface area contributed by atoms with Gasteiger partial charge >= 0.3 is 0 Å². The second-order valence-corrected chi connectivity index (χ2v) is 6.10. The average Bonchev–Trinajstić information content (AvgIpc) is 3.27. The summed E-state index contributed by atoms with van der Waals surface area (Å²) in [6, 6.07) is 14.5. The summed E-state index contributed by atoms with van der Waals surface area (Å²) in [5.74, 6) is 1.57. The molecule has 1 amide bonds. The highest BCUT2D eigenvalue weighted by Crippen LogP contribution is 2.27. The van der Waals surface area contributed by atoms with Crippen LogP contribution < -0.4 is 19.6 Å². The monoisotopic (exact) mass is 394 g/mol. The van der Waals surface area contributed by atoms with Crippen molar-refractivity contribution < 1.29 is 19.0 Å². The minimum atomic E-state index is -0.392. The van der Waals surface area contributed by atoms with Gasteiger partial charge in [-0.15, -0.1) is 0 Å². The number of methoxy groups -OCH3 is 3. The van der Waals surface area contributed by atoms with E-state index in [1.54, 1.807) is 46.5 Å². The maximum absolute atomic E-state index is 12.4. The van der Waals surface area contributed by atoms with Gasteiger partial charge in [-0.2, -0.15) is 10.2 Å². The Labute approximate surface area is 168 Å². The van der Waals surface area contributed by atoms with E-state index < -0.39 is 5.91 Å².